The Bertz CT molecular complexity index is 319. The predicted molar refractivity (Wildman–Crippen MR) is 57.6 cm³/mol. The molecule has 98 valence electrons. The minimum absolute atomic E-state index is 0.778. The highest BCUT2D eigenvalue weighted by Gasteiger charge is 2.32. The van der Waals surface area contributed by atoms with E-state index in [9.17, 15) is 14.4 Å². The molecule has 1 amide bonds. The van der Waals surface area contributed by atoms with E-state index in [1.54, 1.807) is 20.8 Å². The Balaban J connectivity index is 4.62. The number of ether oxygens (including phenoxy) is 1. The summed E-state index contributed by atoms with van der Waals surface area (Å²) in [6.07, 6.45) is -0.960. The van der Waals surface area contributed by atoms with Gasteiger partial charge in [-0.2, -0.15) is 0 Å². The second-order valence-corrected chi connectivity index (χ2v) is 4.59. The molecule has 0 aromatic heterocycles. The van der Waals surface area contributed by atoms with Gasteiger partial charge in [-0.3, -0.25) is 4.79 Å². The SMILES string of the molecule is CC(C(=O)O)C(NC(=O)OC(C)(C)C)C(=O)O. The minimum Gasteiger partial charge on any atom is -0.481 e. The van der Waals surface area contributed by atoms with Crippen LogP contribution in [0.25, 0.3) is 0 Å². The summed E-state index contributed by atoms with van der Waals surface area (Å²) in [6, 6.07) is -1.53. The molecule has 0 aromatic carbocycles. The van der Waals surface area contributed by atoms with Crippen LogP contribution in [0, 0.1) is 5.92 Å². The van der Waals surface area contributed by atoms with Crippen molar-refractivity contribution in [3.05, 3.63) is 0 Å². The molecule has 0 aromatic rings. The van der Waals surface area contributed by atoms with Crippen LogP contribution in [0.4, 0.5) is 4.79 Å². The largest absolute Gasteiger partial charge is 0.481 e. The Labute approximate surface area is 98.8 Å². The van der Waals surface area contributed by atoms with Crippen LogP contribution in [-0.2, 0) is 14.3 Å². The number of carbonyl (C=O) groups is 3. The van der Waals surface area contributed by atoms with E-state index in [0.29, 0.717) is 0 Å². The van der Waals surface area contributed by atoms with E-state index in [1.165, 1.54) is 6.92 Å². The average molecular weight is 247 g/mol. The summed E-state index contributed by atoms with van der Waals surface area (Å²) in [7, 11) is 0. The molecule has 7 heteroatoms. The average Bonchev–Trinajstić information content (AvgIpc) is 2.09. The Kier molecular flexibility index (Phi) is 4.93. The standard InChI is InChI=1S/C10H17NO6/c1-5(7(12)13)6(8(14)15)11-9(16)17-10(2,3)4/h5-6H,1-4H3,(H,11,16)(H,12,13)(H,14,15). The second kappa shape index (κ2) is 5.51. The maximum Gasteiger partial charge on any atom is 0.408 e. The number of rotatable bonds is 4. The van der Waals surface area contributed by atoms with Gasteiger partial charge >= 0.3 is 18.0 Å². The number of carboxylic acid groups (broad SMARTS) is 2. The second-order valence-electron chi connectivity index (χ2n) is 4.59. The Hall–Kier alpha value is -1.79. The van der Waals surface area contributed by atoms with Crippen molar-refractivity contribution >= 4 is 18.0 Å². The van der Waals surface area contributed by atoms with E-state index in [1.807, 2.05) is 5.32 Å². The van der Waals surface area contributed by atoms with Gasteiger partial charge in [-0.05, 0) is 27.7 Å². The maximum atomic E-state index is 11.3. The van der Waals surface area contributed by atoms with Gasteiger partial charge in [0.25, 0.3) is 0 Å². The predicted octanol–water partition coefficient (Wildman–Crippen LogP) is 0.685. The molecular formula is C10H17NO6. The molecule has 17 heavy (non-hydrogen) atoms. The first-order valence-corrected chi connectivity index (χ1v) is 4.99. The van der Waals surface area contributed by atoms with E-state index in [-0.39, 0.29) is 0 Å². The molecule has 3 N–H and O–H groups in total. The molecule has 0 spiro atoms. The van der Waals surface area contributed by atoms with Crippen molar-refractivity contribution in [3.63, 3.8) is 0 Å². The quantitative estimate of drug-likeness (QED) is 0.673. The van der Waals surface area contributed by atoms with Crippen LogP contribution < -0.4 is 5.32 Å². The summed E-state index contributed by atoms with van der Waals surface area (Å²) in [6.45, 7) is 6.04. The van der Waals surface area contributed by atoms with Gasteiger partial charge in [0, 0.05) is 0 Å². The van der Waals surface area contributed by atoms with Gasteiger partial charge in [0.1, 0.15) is 11.6 Å². The van der Waals surface area contributed by atoms with Crippen LogP contribution >= 0.6 is 0 Å². The van der Waals surface area contributed by atoms with E-state index in [4.69, 9.17) is 14.9 Å². The summed E-state index contributed by atoms with van der Waals surface area (Å²) in [5.74, 6) is -3.99. The van der Waals surface area contributed by atoms with Crippen molar-refractivity contribution in [2.75, 3.05) is 0 Å². The number of alkyl carbamates (subject to hydrolysis) is 1. The molecule has 0 saturated carbocycles. The highest BCUT2D eigenvalue weighted by Crippen LogP contribution is 2.09. The van der Waals surface area contributed by atoms with Crippen LogP contribution in [0.3, 0.4) is 0 Å². The van der Waals surface area contributed by atoms with E-state index >= 15 is 0 Å². The van der Waals surface area contributed by atoms with Crippen molar-refractivity contribution in [2.45, 2.75) is 39.3 Å². The summed E-state index contributed by atoms with van der Waals surface area (Å²) < 4.78 is 4.84. The monoisotopic (exact) mass is 247 g/mol. The molecule has 2 unspecified atom stereocenters. The van der Waals surface area contributed by atoms with Crippen molar-refractivity contribution < 1.29 is 29.3 Å². The van der Waals surface area contributed by atoms with Gasteiger partial charge in [-0.15, -0.1) is 0 Å². The number of hydrogen-bond acceptors (Lipinski definition) is 4. The van der Waals surface area contributed by atoms with Gasteiger partial charge in [0.2, 0.25) is 0 Å². The molecule has 0 heterocycles. The van der Waals surface area contributed by atoms with Gasteiger partial charge < -0.3 is 20.3 Å². The van der Waals surface area contributed by atoms with Crippen molar-refractivity contribution in [3.8, 4) is 0 Å². The number of aliphatic carboxylic acids is 2. The molecule has 0 rings (SSSR count). The summed E-state index contributed by atoms with van der Waals surface area (Å²) >= 11 is 0. The van der Waals surface area contributed by atoms with E-state index < -0.39 is 35.6 Å². The zero-order valence-corrected chi connectivity index (χ0v) is 10.2. The van der Waals surface area contributed by atoms with E-state index in [0.717, 1.165) is 0 Å². The summed E-state index contributed by atoms with van der Waals surface area (Å²) in [5, 5.41) is 19.5. The number of hydrogen-bond donors (Lipinski definition) is 3. The molecule has 0 bridgehead atoms. The molecule has 2 atom stereocenters. The number of carbonyl (C=O) groups excluding carboxylic acids is 1. The van der Waals surface area contributed by atoms with Crippen LogP contribution in [0.5, 0.6) is 0 Å². The first kappa shape index (κ1) is 15.2. The lowest BCUT2D eigenvalue weighted by Crippen LogP contribution is -2.49. The third-order valence-corrected chi connectivity index (χ3v) is 1.83. The lowest BCUT2D eigenvalue weighted by Gasteiger charge is -2.23. The number of amides is 1. The van der Waals surface area contributed by atoms with Gasteiger partial charge in [-0.1, -0.05) is 0 Å². The van der Waals surface area contributed by atoms with Crippen LogP contribution in [0.2, 0.25) is 0 Å². The highest BCUT2D eigenvalue weighted by molar-refractivity contribution is 5.86. The molecule has 0 fully saturated rings. The molecule has 0 aliphatic heterocycles. The van der Waals surface area contributed by atoms with Crippen LogP contribution in [-0.4, -0.2) is 39.9 Å². The molecule has 0 saturated heterocycles. The molecule has 0 radical (unpaired) electrons. The van der Waals surface area contributed by atoms with Crippen molar-refractivity contribution in [1.82, 2.24) is 5.32 Å². The number of nitrogens with one attached hydrogen (secondary N) is 1. The first-order valence-electron chi connectivity index (χ1n) is 4.99. The highest BCUT2D eigenvalue weighted by atomic mass is 16.6. The van der Waals surface area contributed by atoms with Crippen molar-refractivity contribution in [2.24, 2.45) is 5.92 Å². The zero-order chi connectivity index (χ0) is 13.8. The Morgan fingerprint density at radius 1 is 1.12 bits per heavy atom. The van der Waals surface area contributed by atoms with E-state index in [2.05, 4.69) is 0 Å². The third-order valence-electron chi connectivity index (χ3n) is 1.83. The number of carboxylic acids is 2. The van der Waals surface area contributed by atoms with Crippen LogP contribution in [0.1, 0.15) is 27.7 Å². The normalized spacial score (nSPS) is 14.6. The van der Waals surface area contributed by atoms with Gasteiger partial charge in [0.05, 0.1) is 5.92 Å². The molecule has 0 aliphatic rings. The Morgan fingerprint density at radius 3 is 1.88 bits per heavy atom. The fourth-order valence-electron chi connectivity index (χ4n) is 0.978. The Morgan fingerprint density at radius 2 is 1.59 bits per heavy atom. The summed E-state index contributed by atoms with van der Waals surface area (Å²) in [4.78, 5) is 32.8. The third kappa shape index (κ3) is 5.74. The smallest absolute Gasteiger partial charge is 0.408 e. The zero-order valence-electron chi connectivity index (χ0n) is 10.2. The van der Waals surface area contributed by atoms with Crippen LogP contribution in [0.15, 0.2) is 0 Å². The van der Waals surface area contributed by atoms with Crippen molar-refractivity contribution in [1.29, 1.82) is 0 Å². The lowest BCUT2D eigenvalue weighted by molar-refractivity contribution is -0.150. The molecule has 7 nitrogen and oxygen atoms in total. The minimum atomic E-state index is -1.53. The molecular weight excluding hydrogens is 230 g/mol. The summed E-state index contributed by atoms with van der Waals surface area (Å²) in [5.41, 5.74) is -0.778. The van der Waals surface area contributed by atoms with Gasteiger partial charge in [-0.25, -0.2) is 9.59 Å². The van der Waals surface area contributed by atoms with Gasteiger partial charge in [0.15, 0.2) is 0 Å². The maximum absolute atomic E-state index is 11.3. The molecule has 0 aliphatic carbocycles. The first-order chi connectivity index (χ1) is 7.54. The fraction of sp³-hybridized carbons (Fsp3) is 0.700. The topological polar surface area (TPSA) is 113 Å². The fourth-order valence-corrected chi connectivity index (χ4v) is 0.978. The lowest BCUT2D eigenvalue weighted by atomic mass is 10.0.